The zero-order chi connectivity index (χ0) is 24.4. The Labute approximate surface area is 199 Å². The summed E-state index contributed by atoms with van der Waals surface area (Å²) in [5, 5.41) is 13.7. The highest BCUT2D eigenvalue weighted by Gasteiger charge is 2.33. The number of anilines is 1. The van der Waals surface area contributed by atoms with Crippen LogP contribution in [0.3, 0.4) is 0 Å². The van der Waals surface area contributed by atoms with Crippen molar-refractivity contribution in [2.45, 2.75) is 46.2 Å². The molecule has 1 aliphatic rings. The summed E-state index contributed by atoms with van der Waals surface area (Å²) in [6, 6.07) is 9.66. The molecule has 1 aliphatic carbocycles. The molecule has 0 aromatic heterocycles. The number of nitrogens with one attached hydrogen (secondary N) is 4. The number of para-hydroxylation sites is 1. The topological polar surface area (TPSA) is 65.2 Å². The summed E-state index contributed by atoms with van der Waals surface area (Å²) in [6.45, 7) is 12.8. The molecule has 0 fully saturated rings. The molecule has 4 N–H and O–H groups in total. The lowest BCUT2D eigenvalue weighted by molar-refractivity contribution is -0.110. The lowest BCUT2D eigenvalue weighted by atomic mass is 9.79. The van der Waals surface area contributed by atoms with E-state index in [0.29, 0.717) is 0 Å². The van der Waals surface area contributed by atoms with Crippen LogP contribution in [0.4, 0.5) is 5.69 Å². The van der Waals surface area contributed by atoms with Crippen LogP contribution in [0, 0.1) is 11.8 Å². The molecule has 5 nitrogen and oxygen atoms in total. The lowest BCUT2D eigenvalue weighted by Gasteiger charge is -2.35. The number of rotatable bonds is 12. The fraction of sp³-hybridized carbons (Fsp3) is 0.393. The van der Waals surface area contributed by atoms with Gasteiger partial charge in [0.25, 0.3) is 0 Å². The Morgan fingerprint density at radius 2 is 1.82 bits per heavy atom. The highest BCUT2D eigenvalue weighted by Crippen LogP contribution is 2.30. The van der Waals surface area contributed by atoms with E-state index >= 15 is 0 Å². The van der Waals surface area contributed by atoms with E-state index in [2.05, 4.69) is 79.8 Å². The van der Waals surface area contributed by atoms with Crippen LogP contribution in [-0.2, 0) is 4.79 Å². The lowest BCUT2D eigenvalue weighted by Crippen LogP contribution is -2.46. The molecule has 0 bridgehead atoms. The number of benzene rings is 1. The second kappa shape index (κ2) is 12.9. The van der Waals surface area contributed by atoms with E-state index in [9.17, 15) is 4.79 Å². The Bertz CT molecular complexity index is 924. The van der Waals surface area contributed by atoms with Crippen molar-refractivity contribution in [1.29, 1.82) is 0 Å². The molecule has 0 radical (unpaired) electrons. The van der Waals surface area contributed by atoms with Crippen LogP contribution < -0.4 is 21.3 Å². The number of carbonyl (C=O) groups is 1. The SMILES string of the molecule is C=C(NC(C=O)C(/C(=C(\NC)Nc1ccccc1)C(C)NC)C(C)C)C1=CCC=CC(C)=C1. The summed E-state index contributed by atoms with van der Waals surface area (Å²) < 4.78 is 0. The standard InChI is InChI=1S/C28H40N4O/c1-19(2)26(25(18-33)31-21(4)23-14-12-11-13-20(3)17-23)27(22(5)29-6)28(30-7)32-24-15-9-8-10-16-24/h8-11,13-19,22,25-26,29-32H,4,12H2,1-3,5-7H3/b28-27+. The normalized spacial score (nSPS) is 17.1. The Morgan fingerprint density at radius 1 is 1.12 bits per heavy atom. The van der Waals surface area contributed by atoms with E-state index in [0.717, 1.165) is 41.1 Å². The fourth-order valence-corrected chi connectivity index (χ4v) is 4.24. The quantitative estimate of drug-likeness (QED) is 0.342. The molecular weight excluding hydrogens is 408 g/mol. The maximum atomic E-state index is 12.5. The number of hydrogen-bond donors (Lipinski definition) is 4. The Kier molecular flexibility index (Phi) is 10.2. The summed E-state index contributed by atoms with van der Waals surface area (Å²) in [5.41, 5.74) is 5.05. The van der Waals surface area contributed by atoms with Crippen LogP contribution in [0.15, 0.2) is 89.5 Å². The molecule has 1 aromatic rings. The number of carbonyl (C=O) groups excluding carboxylic acids is 1. The molecule has 3 atom stereocenters. The van der Waals surface area contributed by atoms with Crippen molar-refractivity contribution in [1.82, 2.24) is 16.0 Å². The molecule has 33 heavy (non-hydrogen) atoms. The Morgan fingerprint density at radius 3 is 2.39 bits per heavy atom. The molecule has 178 valence electrons. The minimum absolute atomic E-state index is 0.0389. The van der Waals surface area contributed by atoms with Gasteiger partial charge in [-0.2, -0.15) is 0 Å². The van der Waals surface area contributed by atoms with Gasteiger partial charge in [-0.3, -0.25) is 0 Å². The van der Waals surface area contributed by atoms with Gasteiger partial charge in [0.15, 0.2) is 0 Å². The summed E-state index contributed by atoms with van der Waals surface area (Å²) in [4.78, 5) is 12.5. The number of hydrogen-bond acceptors (Lipinski definition) is 5. The predicted molar refractivity (Wildman–Crippen MR) is 141 cm³/mol. The minimum Gasteiger partial charge on any atom is -0.375 e. The Hall–Kier alpha value is -3.05. The second-order valence-corrected chi connectivity index (χ2v) is 8.82. The van der Waals surface area contributed by atoms with Gasteiger partial charge >= 0.3 is 0 Å². The summed E-state index contributed by atoms with van der Waals surface area (Å²) in [6.07, 6.45) is 10.3. The van der Waals surface area contributed by atoms with Gasteiger partial charge in [-0.1, -0.05) is 68.5 Å². The molecule has 0 saturated carbocycles. The predicted octanol–water partition coefficient (Wildman–Crippen LogP) is 4.91. The van der Waals surface area contributed by atoms with E-state index in [4.69, 9.17) is 0 Å². The molecule has 3 unspecified atom stereocenters. The number of allylic oxidation sites excluding steroid dienone is 5. The van der Waals surface area contributed by atoms with E-state index in [1.165, 1.54) is 5.57 Å². The van der Waals surface area contributed by atoms with Crippen molar-refractivity contribution in [3.05, 3.63) is 89.5 Å². The summed E-state index contributed by atoms with van der Waals surface area (Å²) >= 11 is 0. The van der Waals surface area contributed by atoms with Gasteiger partial charge in [0.2, 0.25) is 0 Å². The summed E-state index contributed by atoms with van der Waals surface area (Å²) in [5.74, 6) is 1.03. The first-order valence-electron chi connectivity index (χ1n) is 11.7. The van der Waals surface area contributed by atoms with E-state index in [1.807, 2.05) is 44.4 Å². The highest BCUT2D eigenvalue weighted by atomic mass is 16.1. The van der Waals surface area contributed by atoms with Gasteiger partial charge in [0, 0.05) is 30.4 Å². The van der Waals surface area contributed by atoms with Crippen LogP contribution in [0.25, 0.3) is 0 Å². The molecule has 0 spiro atoms. The fourth-order valence-electron chi connectivity index (χ4n) is 4.24. The van der Waals surface area contributed by atoms with Gasteiger partial charge in [0.1, 0.15) is 12.1 Å². The maximum absolute atomic E-state index is 12.5. The third-order valence-corrected chi connectivity index (χ3v) is 6.02. The first kappa shape index (κ1) is 26.2. The maximum Gasteiger partial charge on any atom is 0.142 e. The van der Waals surface area contributed by atoms with Gasteiger partial charge in [-0.25, -0.2) is 0 Å². The monoisotopic (exact) mass is 448 g/mol. The van der Waals surface area contributed by atoms with Crippen LogP contribution >= 0.6 is 0 Å². The number of likely N-dealkylation sites (N-methyl/N-ethyl adjacent to an activating group) is 1. The average Bonchev–Trinajstić information content (AvgIpc) is 3.04. The van der Waals surface area contributed by atoms with Crippen molar-refractivity contribution in [2.24, 2.45) is 11.8 Å². The van der Waals surface area contributed by atoms with Crippen molar-refractivity contribution in [2.75, 3.05) is 19.4 Å². The zero-order valence-electron chi connectivity index (χ0n) is 20.9. The first-order valence-corrected chi connectivity index (χ1v) is 11.7. The smallest absolute Gasteiger partial charge is 0.142 e. The Balaban J connectivity index is 2.46. The van der Waals surface area contributed by atoms with Gasteiger partial charge in [0.05, 0.1) is 6.04 Å². The molecule has 1 aromatic carbocycles. The third kappa shape index (κ3) is 7.22. The van der Waals surface area contributed by atoms with Crippen molar-refractivity contribution in [3.63, 3.8) is 0 Å². The largest absolute Gasteiger partial charge is 0.375 e. The molecule has 0 heterocycles. The highest BCUT2D eigenvalue weighted by molar-refractivity contribution is 5.62. The molecule has 0 aliphatic heterocycles. The molecule has 0 amide bonds. The number of aldehydes is 1. The van der Waals surface area contributed by atoms with Gasteiger partial charge in [-0.15, -0.1) is 0 Å². The van der Waals surface area contributed by atoms with Crippen LogP contribution in [0.1, 0.15) is 34.1 Å². The average molecular weight is 449 g/mol. The molecule has 0 saturated heterocycles. The summed E-state index contributed by atoms with van der Waals surface area (Å²) in [7, 11) is 3.85. The molecule has 5 heteroatoms. The molecular formula is C28H40N4O. The first-order chi connectivity index (χ1) is 15.8. The zero-order valence-corrected chi connectivity index (χ0v) is 20.9. The second-order valence-electron chi connectivity index (χ2n) is 8.82. The van der Waals surface area contributed by atoms with Crippen LogP contribution in [0.2, 0.25) is 0 Å². The van der Waals surface area contributed by atoms with Crippen LogP contribution in [-0.4, -0.2) is 32.5 Å². The van der Waals surface area contributed by atoms with Crippen molar-refractivity contribution < 1.29 is 4.79 Å². The van der Waals surface area contributed by atoms with Crippen molar-refractivity contribution >= 4 is 12.0 Å². The van der Waals surface area contributed by atoms with Gasteiger partial charge < -0.3 is 26.1 Å². The van der Waals surface area contributed by atoms with Gasteiger partial charge in [-0.05, 0) is 56.5 Å². The van der Waals surface area contributed by atoms with Crippen LogP contribution in [0.5, 0.6) is 0 Å². The van der Waals surface area contributed by atoms with Crippen molar-refractivity contribution in [3.8, 4) is 0 Å². The van der Waals surface area contributed by atoms with E-state index in [1.54, 1.807) is 0 Å². The minimum atomic E-state index is -0.435. The molecule has 2 rings (SSSR count). The third-order valence-electron chi connectivity index (χ3n) is 6.02. The van der Waals surface area contributed by atoms with E-state index in [-0.39, 0.29) is 17.9 Å². The van der Waals surface area contributed by atoms with E-state index < -0.39 is 6.04 Å².